The van der Waals surface area contributed by atoms with Crippen LogP contribution < -0.4 is 0 Å². The van der Waals surface area contributed by atoms with E-state index in [2.05, 4.69) is 19.1 Å². The third kappa shape index (κ3) is 2.52. The highest BCUT2D eigenvalue weighted by atomic mass is 16.1. The van der Waals surface area contributed by atoms with Crippen LogP contribution in [0.3, 0.4) is 0 Å². The van der Waals surface area contributed by atoms with Gasteiger partial charge in [-0.05, 0) is 37.2 Å². The topological polar surface area (TPSA) is 17.1 Å². The van der Waals surface area contributed by atoms with Crippen LogP contribution in [-0.4, -0.2) is 5.78 Å². The van der Waals surface area contributed by atoms with E-state index in [0.717, 1.165) is 17.4 Å². The molecule has 16 heavy (non-hydrogen) atoms. The molecule has 0 amide bonds. The van der Waals surface area contributed by atoms with E-state index in [0.29, 0.717) is 0 Å². The van der Waals surface area contributed by atoms with Crippen LogP contribution in [-0.2, 0) is 0 Å². The molecule has 0 spiro atoms. The molecule has 1 aliphatic carbocycles. The van der Waals surface area contributed by atoms with Gasteiger partial charge in [-0.25, -0.2) is 0 Å². The maximum atomic E-state index is 11.1. The van der Waals surface area contributed by atoms with Crippen LogP contribution in [0.5, 0.6) is 0 Å². The van der Waals surface area contributed by atoms with Crippen molar-refractivity contribution in [3.63, 3.8) is 0 Å². The van der Waals surface area contributed by atoms with Gasteiger partial charge in [0.05, 0.1) is 0 Å². The van der Waals surface area contributed by atoms with E-state index in [4.69, 9.17) is 0 Å². The first-order chi connectivity index (χ1) is 7.72. The molecular formula is C15H20O. The van der Waals surface area contributed by atoms with Crippen molar-refractivity contribution in [2.75, 3.05) is 0 Å². The zero-order valence-corrected chi connectivity index (χ0v) is 10.2. The molecule has 0 aliphatic heterocycles. The number of carbonyl (C=O) groups is 1. The van der Waals surface area contributed by atoms with Crippen molar-refractivity contribution in [1.29, 1.82) is 0 Å². The molecule has 1 heteroatoms. The van der Waals surface area contributed by atoms with Gasteiger partial charge in [0.1, 0.15) is 0 Å². The molecule has 0 N–H and O–H groups in total. The number of benzene rings is 1. The van der Waals surface area contributed by atoms with Gasteiger partial charge in [-0.1, -0.05) is 44.0 Å². The van der Waals surface area contributed by atoms with E-state index in [1.165, 1.54) is 31.2 Å². The summed E-state index contributed by atoms with van der Waals surface area (Å²) in [6.45, 7) is 3.87. The highest BCUT2D eigenvalue weighted by Gasteiger charge is 2.37. The average Bonchev–Trinajstić information content (AvgIpc) is 3.06. The van der Waals surface area contributed by atoms with Gasteiger partial charge in [-0.3, -0.25) is 4.79 Å². The van der Waals surface area contributed by atoms with Crippen LogP contribution in [0.4, 0.5) is 0 Å². The standard InChI is InChI=1S/C15H20O/c1-3-4-5-14-10-15(14)13-8-6-12(7-9-13)11(2)16/h6-9,14-15H,3-5,10H2,1-2H3/t14-,15+/m1/s1. The first kappa shape index (κ1) is 11.4. The molecule has 1 aromatic rings. The molecular weight excluding hydrogens is 196 g/mol. The van der Waals surface area contributed by atoms with E-state index in [1.54, 1.807) is 6.92 Å². The summed E-state index contributed by atoms with van der Waals surface area (Å²) >= 11 is 0. The Morgan fingerprint density at radius 2 is 2.00 bits per heavy atom. The summed E-state index contributed by atoms with van der Waals surface area (Å²) < 4.78 is 0. The quantitative estimate of drug-likeness (QED) is 0.675. The number of rotatable bonds is 5. The van der Waals surface area contributed by atoms with Crippen LogP contribution in [0.25, 0.3) is 0 Å². The number of hydrogen-bond acceptors (Lipinski definition) is 1. The van der Waals surface area contributed by atoms with Crippen LogP contribution in [0.15, 0.2) is 24.3 Å². The Morgan fingerprint density at radius 3 is 2.56 bits per heavy atom. The van der Waals surface area contributed by atoms with Gasteiger partial charge in [-0.2, -0.15) is 0 Å². The van der Waals surface area contributed by atoms with Crippen molar-refractivity contribution in [1.82, 2.24) is 0 Å². The van der Waals surface area contributed by atoms with Gasteiger partial charge in [0.2, 0.25) is 0 Å². The molecule has 1 saturated carbocycles. The third-order valence-electron chi connectivity index (χ3n) is 3.60. The van der Waals surface area contributed by atoms with Crippen molar-refractivity contribution < 1.29 is 4.79 Å². The first-order valence-corrected chi connectivity index (χ1v) is 6.33. The molecule has 1 nitrogen and oxygen atoms in total. The lowest BCUT2D eigenvalue weighted by molar-refractivity contribution is 0.101. The fraction of sp³-hybridized carbons (Fsp3) is 0.533. The summed E-state index contributed by atoms with van der Waals surface area (Å²) in [5.74, 6) is 1.83. The molecule has 1 fully saturated rings. The number of carbonyl (C=O) groups excluding carboxylic acids is 1. The van der Waals surface area contributed by atoms with Crippen LogP contribution in [0.2, 0.25) is 0 Å². The van der Waals surface area contributed by atoms with Gasteiger partial charge >= 0.3 is 0 Å². The minimum atomic E-state index is 0.157. The molecule has 0 aromatic heterocycles. The molecule has 0 heterocycles. The lowest BCUT2D eigenvalue weighted by atomic mass is 10.0. The summed E-state index contributed by atoms with van der Waals surface area (Å²) in [7, 11) is 0. The van der Waals surface area contributed by atoms with E-state index in [1.807, 2.05) is 12.1 Å². The van der Waals surface area contributed by atoms with Gasteiger partial charge < -0.3 is 0 Å². The first-order valence-electron chi connectivity index (χ1n) is 6.33. The molecule has 1 aliphatic rings. The van der Waals surface area contributed by atoms with Crippen LogP contribution >= 0.6 is 0 Å². The van der Waals surface area contributed by atoms with Gasteiger partial charge in [-0.15, -0.1) is 0 Å². The Labute approximate surface area is 97.9 Å². The summed E-state index contributed by atoms with van der Waals surface area (Å²) in [6, 6.07) is 8.19. The molecule has 0 radical (unpaired) electrons. The summed E-state index contributed by atoms with van der Waals surface area (Å²) in [6.07, 6.45) is 5.37. The SMILES string of the molecule is CCCC[C@@H]1C[C@H]1c1ccc(C(C)=O)cc1. The fourth-order valence-electron chi connectivity index (χ4n) is 2.41. The second-order valence-corrected chi connectivity index (χ2v) is 4.92. The van der Waals surface area contributed by atoms with Crippen molar-refractivity contribution in [2.24, 2.45) is 5.92 Å². The Kier molecular flexibility index (Phi) is 3.42. The number of hydrogen-bond donors (Lipinski definition) is 0. The second kappa shape index (κ2) is 4.82. The van der Waals surface area contributed by atoms with Gasteiger partial charge in [0.15, 0.2) is 5.78 Å². The predicted molar refractivity (Wildman–Crippen MR) is 66.8 cm³/mol. The highest BCUT2D eigenvalue weighted by Crippen LogP contribution is 2.50. The monoisotopic (exact) mass is 216 g/mol. The summed E-state index contributed by atoms with van der Waals surface area (Å²) in [5.41, 5.74) is 2.25. The van der Waals surface area contributed by atoms with E-state index < -0.39 is 0 Å². The number of Topliss-reactive ketones (excluding diaryl/α,β-unsaturated/α-hetero) is 1. The molecule has 86 valence electrons. The van der Waals surface area contributed by atoms with Crippen molar-refractivity contribution >= 4 is 5.78 Å². The predicted octanol–water partition coefficient (Wildman–Crippen LogP) is 4.18. The Bertz CT molecular complexity index is 364. The van der Waals surface area contributed by atoms with Crippen molar-refractivity contribution in [3.05, 3.63) is 35.4 Å². The zero-order valence-electron chi connectivity index (χ0n) is 10.2. The summed E-state index contributed by atoms with van der Waals surface area (Å²) in [4.78, 5) is 11.1. The minimum absolute atomic E-state index is 0.157. The fourth-order valence-corrected chi connectivity index (χ4v) is 2.41. The van der Waals surface area contributed by atoms with Crippen molar-refractivity contribution in [2.45, 2.75) is 45.4 Å². The molecule has 0 saturated heterocycles. The summed E-state index contributed by atoms with van der Waals surface area (Å²) in [5, 5.41) is 0. The maximum Gasteiger partial charge on any atom is 0.159 e. The Hall–Kier alpha value is -1.11. The van der Waals surface area contributed by atoms with Crippen molar-refractivity contribution in [3.8, 4) is 0 Å². The highest BCUT2D eigenvalue weighted by molar-refractivity contribution is 5.94. The third-order valence-corrected chi connectivity index (χ3v) is 3.60. The Balaban J connectivity index is 1.94. The zero-order chi connectivity index (χ0) is 11.5. The molecule has 2 atom stereocenters. The molecule has 0 unspecified atom stereocenters. The maximum absolute atomic E-state index is 11.1. The smallest absolute Gasteiger partial charge is 0.159 e. The van der Waals surface area contributed by atoms with E-state index in [-0.39, 0.29) is 5.78 Å². The van der Waals surface area contributed by atoms with E-state index in [9.17, 15) is 4.79 Å². The second-order valence-electron chi connectivity index (χ2n) is 4.92. The van der Waals surface area contributed by atoms with Gasteiger partial charge in [0, 0.05) is 5.56 Å². The van der Waals surface area contributed by atoms with Gasteiger partial charge in [0.25, 0.3) is 0 Å². The molecule has 0 bridgehead atoms. The molecule has 1 aromatic carbocycles. The normalized spacial score (nSPS) is 23.1. The average molecular weight is 216 g/mol. The lowest BCUT2D eigenvalue weighted by Gasteiger charge is -2.01. The van der Waals surface area contributed by atoms with E-state index >= 15 is 0 Å². The lowest BCUT2D eigenvalue weighted by Crippen LogP contribution is -1.92. The number of unbranched alkanes of at least 4 members (excludes halogenated alkanes) is 1. The van der Waals surface area contributed by atoms with Crippen LogP contribution in [0.1, 0.15) is 61.4 Å². The van der Waals surface area contributed by atoms with Crippen LogP contribution in [0, 0.1) is 5.92 Å². The largest absolute Gasteiger partial charge is 0.295 e. The molecule has 2 rings (SSSR count). The number of ketones is 1. The minimum Gasteiger partial charge on any atom is -0.295 e. The Morgan fingerprint density at radius 1 is 1.31 bits per heavy atom.